The molecule has 2 fully saturated rings. The second-order valence-corrected chi connectivity index (χ2v) is 8.07. The Morgan fingerprint density at radius 2 is 2.14 bits per heavy atom. The summed E-state index contributed by atoms with van der Waals surface area (Å²) in [6.07, 6.45) is 2.78. The highest BCUT2D eigenvalue weighted by atomic mass is 19.1. The monoisotopic (exact) mass is 403 g/mol. The van der Waals surface area contributed by atoms with Crippen LogP contribution in [0.1, 0.15) is 37.0 Å². The van der Waals surface area contributed by atoms with Gasteiger partial charge in [-0.1, -0.05) is 5.16 Å². The van der Waals surface area contributed by atoms with Crippen molar-refractivity contribution in [1.82, 2.24) is 19.9 Å². The van der Waals surface area contributed by atoms with Crippen LogP contribution in [-0.2, 0) is 0 Å². The smallest absolute Gasteiger partial charge is 0.321 e. The number of ether oxygens (including phenoxy) is 1. The Labute approximate surface area is 169 Å². The largest absolute Gasteiger partial charge is 0.494 e. The van der Waals surface area contributed by atoms with E-state index in [9.17, 15) is 9.18 Å². The van der Waals surface area contributed by atoms with Gasteiger partial charge in [0.05, 0.1) is 13.2 Å². The van der Waals surface area contributed by atoms with Crippen LogP contribution in [0.3, 0.4) is 0 Å². The van der Waals surface area contributed by atoms with Gasteiger partial charge in [-0.15, -0.1) is 0 Å². The Balaban J connectivity index is 1.35. The third kappa shape index (κ3) is 3.91. The third-order valence-electron chi connectivity index (χ3n) is 6.10. The molecule has 2 aliphatic heterocycles. The Kier molecular flexibility index (Phi) is 5.16. The molecule has 2 saturated heterocycles. The number of nitrogens with zero attached hydrogens (tertiary/aromatic N) is 4. The molecular weight excluding hydrogens is 377 g/mol. The van der Waals surface area contributed by atoms with Gasteiger partial charge in [0.25, 0.3) is 0 Å². The molecule has 0 radical (unpaired) electrons. The number of nitrogens with one attached hydrogen (secondary N) is 1. The Bertz CT molecular complexity index is 894. The number of hydrogen-bond acceptors (Lipinski definition) is 6. The molecule has 1 atom stereocenters. The molecule has 2 aliphatic rings. The highest BCUT2D eigenvalue weighted by Crippen LogP contribution is 2.47. The van der Waals surface area contributed by atoms with Crippen LogP contribution < -0.4 is 10.1 Å². The van der Waals surface area contributed by atoms with Crippen molar-refractivity contribution in [2.75, 3.05) is 39.1 Å². The van der Waals surface area contributed by atoms with Crippen molar-refractivity contribution >= 4 is 11.7 Å². The zero-order valence-corrected chi connectivity index (χ0v) is 16.9. The number of anilines is 1. The highest BCUT2D eigenvalue weighted by Gasteiger charge is 2.46. The summed E-state index contributed by atoms with van der Waals surface area (Å²) < 4.78 is 23.9. The van der Waals surface area contributed by atoms with E-state index < -0.39 is 5.82 Å². The first kappa shape index (κ1) is 19.6. The van der Waals surface area contributed by atoms with Crippen molar-refractivity contribution in [3.63, 3.8) is 0 Å². The van der Waals surface area contributed by atoms with E-state index in [-0.39, 0.29) is 23.2 Å². The first-order valence-corrected chi connectivity index (χ1v) is 9.79. The standard InChI is InChI=1S/C20H26FN5O3/c1-13-22-18(24-29-13)16-11-20(12-25(16)2)6-8-26(9-7-20)19(27)23-14-4-5-17(28-3)15(21)10-14/h4-5,10,16H,6-9,11-12H2,1-3H3,(H,23,27). The molecule has 156 valence electrons. The quantitative estimate of drug-likeness (QED) is 0.847. The van der Waals surface area contributed by atoms with Crippen molar-refractivity contribution in [3.05, 3.63) is 35.7 Å². The summed E-state index contributed by atoms with van der Waals surface area (Å²) in [4.78, 5) is 21.1. The molecule has 1 N–H and O–H groups in total. The van der Waals surface area contributed by atoms with E-state index in [1.54, 1.807) is 17.9 Å². The number of aryl methyl sites for hydroxylation is 1. The van der Waals surface area contributed by atoms with Crippen molar-refractivity contribution in [2.45, 2.75) is 32.2 Å². The molecule has 0 aliphatic carbocycles. The normalized spacial score (nSPS) is 21.5. The topological polar surface area (TPSA) is 83.7 Å². The zero-order valence-electron chi connectivity index (χ0n) is 16.9. The Morgan fingerprint density at radius 3 is 2.76 bits per heavy atom. The maximum absolute atomic E-state index is 13.8. The summed E-state index contributed by atoms with van der Waals surface area (Å²) in [5.74, 6) is 0.971. The van der Waals surface area contributed by atoms with Crippen molar-refractivity contribution in [2.24, 2.45) is 5.41 Å². The van der Waals surface area contributed by atoms with Gasteiger partial charge in [0, 0.05) is 38.3 Å². The minimum absolute atomic E-state index is 0.148. The number of hydrogen-bond donors (Lipinski definition) is 1. The number of carbonyl (C=O) groups excluding carboxylic acids is 1. The van der Waals surface area contributed by atoms with E-state index >= 15 is 0 Å². The van der Waals surface area contributed by atoms with Crippen LogP contribution in [0.15, 0.2) is 22.7 Å². The molecule has 1 aromatic heterocycles. The van der Waals surface area contributed by atoms with Gasteiger partial charge >= 0.3 is 6.03 Å². The van der Waals surface area contributed by atoms with Crippen LogP contribution in [-0.4, -0.2) is 59.8 Å². The van der Waals surface area contributed by atoms with E-state index in [1.165, 1.54) is 19.2 Å². The van der Waals surface area contributed by atoms with E-state index in [1.807, 2.05) is 0 Å². The number of aromatic nitrogens is 2. The fraction of sp³-hybridized carbons (Fsp3) is 0.550. The van der Waals surface area contributed by atoms with E-state index in [4.69, 9.17) is 9.26 Å². The molecular formula is C20H26FN5O3. The average Bonchev–Trinajstić information content (AvgIpc) is 3.25. The Hall–Kier alpha value is -2.68. The number of piperidine rings is 1. The summed E-state index contributed by atoms with van der Waals surface area (Å²) in [7, 11) is 3.49. The lowest BCUT2D eigenvalue weighted by atomic mass is 9.76. The number of methoxy groups -OCH3 is 1. The van der Waals surface area contributed by atoms with E-state index in [2.05, 4.69) is 27.4 Å². The summed E-state index contributed by atoms with van der Waals surface area (Å²) in [6.45, 7) is 4.07. The summed E-state index contributed by atoms with van der Waals surface area (Å²) in [6, 6.07) is 4.35. The van der Waals surface area contributed by atoms with Gasteiger partial charge in [-0.05, 0) is 43.9 Å². The number of halogens is 1. The fourth-order valence-corrected chi connectivity index (χ4v) is 4.50. The van der Waals surface area contributed by atoms with Crippen LogP contribution in [0.2, 0.25) is 0 Å². The SMILES string of the molecule is COc1ccc(NC(=O)N2CCC3(CC2)CC(c2noc(C)n2)N(C)C3)cc1F. The number of likely N-dealkylation sites (tertiary alicyclic amines) is 2. The molecule has 1 aromatic carbocycles. The van der Waals surface area contributed by atoms with Crippen LogP contribution >= 0.6 is 0 Å². The van der Waals surface area contributed by atoms with Crippen LogP contribution in [0.4, 0.5) is 14.9 Å². The van der Waals surface area contributed by atoms with Crippen molar-refractivity contribution in [3.8, 4) is 5.75 Å². The predicted molar refractivity (Wildman–Crippen MR) is 104 cm³/mol. The first-order valence-electron chi connectivity index (χ1n) is 9.79. The molecule has 9 heteroatoms. The lowest BCUT2D eigenvalue weighted by Gasteiger charge is -2.39. The van der Waals surface area contributed by atoms with E-state index in [0.29, 0.717) is 24.7 Å². The molecule has 2 amide bonds. The van der Waals surface area contributed by atoms with Gasteiger partial charge in [-0.3, -0.25) is 4.90 Å². The summed E-state index contributed by atoms with van der Waals surface area (Å²) >= 11 is 0. The van der Waals surface area contributed by atoms with E-state index in [0.717, 1.165) is 31.6 Å². The van der Waals surface area contributed by atoms with Crippen molar-refractivity contribution < 1.29 is 18.4 Å². The van der Waals surface area contributed by atoms with Crippen LogP contribution in [0.25, 0.3) is 0 Å². The highest BCUT2D eigenvalue weighted by molar-refractivity contribution is 5.89. The third-order valence-corrected chi connectivity index (χ3v) is 6.10. The zero-order chi connectivity index (χ0) is 20.6. The maximum atomic E-state index is 13.8. The van der Waals surface area contributed by atoms with Gasteiger partial charge in [0.1, 0.15) is 0 Å². The summed E-state index contributed by atoms with van der Waals surface area (Å²) in [5, 5.41) is 6.87. The lowest BCUT2D eigenvalue weighted by molar-refractivity contribution is 0.128. The van der Waals surface area contributed by atoms with Gasteiger partial charge < -0.3 is 19.5 Å². The predicted octanol–water partition coefficient (Wildman–Crippen LogP) is 3.22. The van der Waals surface area contributed by atoms with Gasteiger partial charge in [0.15, 0.2) is 17.4 Å². The molecule has 0 bridgehead atoms. The first-order chi connectivity index (χ1) is 13.9. The summed E-state index contributed by atoms with van der Waals surface area (Å²) in [5.41, 5.74) is 0.568. The number of carbonyl (C=O) groups is 1. The minimum Gasteiger partial charge on any atom is -0.494 e. The molecule has 29 heavy (non-hydrogen) atoms. The van der Waals surface area contributed by atoms with Gasteiger partial charge in [0.2, 0.25) is 5.89 Å². The molecule has 8 nitrogen and oxygen atoms in total. The van der Waals surface area contributed by atoms with Gasteiger partial charge in [-0.25, -0.2) is 9.18 Å². The second kappa shape index (κ2) is 7.62. The second-order valence-electron chi connectivity index (χ2n) is 8.07. The van der Waals surface area contributed by atoms with Crippen molar-refractivity contribution in [1.29, 1.82) is 0 Å². The number of benzene rings is 1. The fourth-order valence-electron chi connectivity index (χ4n) is 4.50. The molecule has 2 aromatic rings. The Morgan fingerprint density at radius 1 is 1.38 bits per heavy atom. The number of amides is 2. The number of urea groups is 1. The number of rotatable bonds is 3. The van der Waals surface area contributed by atoms with Crippen LogP contribution in [0, 0.1) is 18.2 Å². The minimum atomic E-state index is -0.500. The molecule has 1 unspecified atom stereocenters. The maximum Gasteiger partial charge on any atom is 0.321 e. The average molecular weight is 403 g/mol. The molecule has 1 spiro atoms. The molecule has 3 heterocycles. The lowest BCUT2D eigenvalue weighted by Crippen LogP contribution is -2.45. The molecule has 4 rings (SSSR count). The molecule has 0 saturated carbocycles. The van der Waals surface area contributed by atoms with Gasteiger partial charge in [-0.2, -0.15) is 4.98 Å². The van der Waals surface area contributed by atoms with Crippen LogP contribution in [0.5, 0.6) is 5.75 Å².